The lowest BCUT2D eigenvalue weighted by molar-refractivity contribution is -0.181. The molecule has 7 heteroatoms. The number of carbonyl (C=O) groups excluding carboxylic acids is 1. The molecule has 1 aromatic carbocycles. The molecule has 22 heavy (non-hydrogen) atoms. The summed E-state index contributed by atoms with van der Waals surface area (Å²) in [6.07, 6.45) is 1.38. The van der Waals surface area contributed by atoms with Gasteiger partial charge in [-0.1, -0.05) is 11.6 Å². The van der Waals surface area contributed by atoms with Crippen molar-refractivity contribution in [2.45, 2.75) is 18.6 Å². The van der Waals surface area contributed by atoms with Crippen molar-refractivity contribution in [2.75, 3.05) is 33.1 Å². The lowest BCUT2D eigenvalue weighted by Gasteiger charge is -2.37. The number of hydrogen-bond acceptors (Lipinski definition) is 5. The number of rotatable bonds is 1. The number of ether oxygens (including phenoxy) is 4. The standard InChI is InChI=1S/C15H16ClNO5/c16-11-7-10(8-12-13(11)20-9-19-12)14(18)17-3-1-15(2-4-17)21-5-6-22-15/h7-8H,1-6,9H2. The van der Waals surface area contributed by atoms with Crippen LogP contribution in [0.2, 0.25) is 5.02 Å². The van der Waals surface area contributed by atoms with Gasteiger partial charge in [-0.2, -0.15) is 0 Å². The minimum absolute atomic E-state index is 0.0620. The number of piperidine rings is 1. The van der Waals surface area contributed by atoms with Gasteiger partial charge in [-0.25, -0.2) is 0 Å². The van der Waals surface area contributed by atoms with Crippen molar-refractivity contribution in [3.8, 4) is 11.5 Å². The summed E-state index contributed by atoms with van der Waals surface area (Å²) in [6.45, 7) is 2.60. The average molecular weight is 326 g/mol. The Bertz CT molecular complexity index is 604. The number of amides is 1. The van der Waals surface area contributed by atoms with Crippen LogP contribution in [-0.2, 0) is 9.47 Å². The van der Waals surface area contributed by atoms with Crippen molar-refractivity contribution >= 4 is 17.5 Å². The monoisotopic (exact) mass is 325 g/mol. The molecule has 2 saturated heterocycles. The zero-order chi connectivity index (χ0) is 15.2. The minimum atomic E-state index is -0.483. The van der Waals surface area contributed by atoms with Gasteiger partial charge in [0.1, 0.15) is 0 Å². The van der Waals surface area contributed by atoms with Crippen molar-refractivity contribution < 1.29 is 23.7 Å². The van der Waals surface area contributed by atoms with E-state index in [2.05, 4.69) is 0 Å². The molecule has 0 unspecified atom stereocenters. The van der Waals surface area contributed by atoms with Crippen LogP contribution in [0.3, 0.4) is 0 Å². The van der Waals surface area contributed by atoms with Crippen LogP contribution in [0.15, 0.2) is 12.1 Å². The predicted octanol–water partition coefficient (Wildman–Crippen LogP) is 2.05. The second-order valence-electron chi connectivity index (χ2n) is 5.59. The van der Waals surface area contributed by atoms with Gasteiger partial charge in [0.25, 0.3) is 5.91 Å². The van der Waals surface area contributed by atoms with E-state index >= 15 is 0 Å². The number of likely N-dealkylation sites (tertiary alicyclic amines) is 1. The highest BCUT2D eigenvalue weighted by Gasteiger charge is 2.41. The van der Waals surface area contributed by atoms with E-state index in [-0.39, 0.29) is 12.7 Å². The molecule has 1 amide bonds. The fourth-order valence-corrected chi connectivity index (χ4v) is 3.37. The number of nitrogens with zero attached hydrogens (tertiary/aromatic N) is 1. The van der Waals surface area contributed by atoms with Gasteiger partial charge in [-0.05, 0) is 12.1 Å². The quantitative estimate of drug-likeness (QED) is 0.791. The molecule has 6 nitrogen and oxygen atoms in total. The van der Waals surface area contributed by atoms with E-state index in [1.807, 2.05) is 0 Å². The van der Waals surface area contributed by atoms with Gasteiger partial charge in [0.15, 0.2) is 17.3 Å². The zero-order valence-electron chi connectivity index (χ0n) is 12.0. The molecule has 3 aliphatic rings. The van der Waals surface area contributed by atoms with Gasteiger partial charge in [-0.15, -0.1) is 0 Å². The van der Waals surface area contributed by atoms with Crippen molar-refractivity contribution in [3.05, 3.63) is 22.7 Å². The Labute approximate surface area is 132 Å². The summed E-state index contributed by atoms with van der Waals surface area (Å²) in [7, 11) is 0. The van der Waals surface area contributed by atoms with Crippen molar-refractivity contribution in [2.24, 2.45) is 0 Å². The van der Waals surface area contributed by atoms with Crippen molar-refractivity contribution in [3.63, 3.8) is 0 Å². The Balaban J connectivity index is 1.50. The molecule has 0 N–H and O–H groups in total. The smallest absolute Gasteiger partial charge is 0.254 e. The first-order valence-electron chi connectivity index (χ1n) is 7.33. The van der Waals surface area contributed by atoms with Crippen LogP contribution in [-0.4, -0.2) is 49.7 Å². The van der Waals surface area contributed by atoms with Crippen LogP contribution in [0.5, 0.6) is 11.5 Å². The molecule has 0 radical (unpaired) electrons. The van der Waals surface area contributed by atoms with Gasteiger partial charge in [0.2, 0.25) is 6.79 Å². The first kappa shape index (κ1) is 14.1. The topological polar surface area (TPSA) is 57.2 Å². The van der Waals surface area contributed by atoms with E-state index in [0.29, 0.717) is 61.2 Å². The number of hydrogen-bond donors (Lipinski definition) is 0. The molecule has 3 aliphatic heterocycles. The maximum atomic E-state index is 12.6. The van der Waals surface area contributed by atoms with Crippen LogP contribution < -0.4 is 9.47 Å². The Morgan fingerprint density at radius 3 is 2.59 bits per heavy atom. The number of benzene rings is 1. The third kappa shape index (κ3) is 2.31. The highest BCUT2D eigenvalue weighted by atomic mass is 35.5. The van der Waals surface area contributed by atoms with E-state index in [0.717, 1.165) is 0 Å². The highest BCUT2D eigenvalue weighted by Crippen LogP contribution is 2.40. The third-order valence-corrected chi connectivity index (χ3v) is 4.58. The highest BCUT2D eigenvalue weighted by molar-refractivity contribution is 6.32. The van der Waals surface area contributed by atoms with Crippen molar-refractivity contribution in [1.82, 2.24) is 4.90 Å². The van der Waals surface area contributed by atoms with E-state index in [1.165, 1.54) is 0 Å². The fourth-order valence-electron chi connectivity index (χ4n) is 3.11. The average Bonchev–Trinajstić information content (AvgIpc) is 3.17. The molecule has 3 heterocycles. The minimum Gasteiger partial charge on any atom is -0.454 e. The zero-order valence-corrected chi connectivity index (χ0v) is 12.7. The maximum absolute atomic E-state index is 12.6. The van der Waals surface area contributed by atoms with Gasteiger partial charge < -0.3 is 23.8 Å². The summed E-state index contributed by atoms with van der Waals surface area (Å²) in [5.41, 5.74) is 0.512. The maximum Gasteiger partial charge on any atom is 0.254 e. The van der Waals surface area contributed by atoms with Gasteiger partial charge >= 0.3 is 0 Å². The summed E-state index contributed by atoms with van der Waals surface area (Å²) in [4.78, 5) is 14.4. The molecule has 0 atom stereocenters. The molecule has 1 spiro atoms. The lowest BCUT2D eigenvalue weighted by atomic mass is 10.0. The Kier molecular flexibility index (Phi) is 3.40. The normalized spacial score (nSPS) is 22.3. The molecule has 0 saturated carbocycles. The Morgan fingerprint density at radius 2 is 1.86 bits per heavy atom. The van der Waals surface area contributed by atoms with E-state index in [1.54, 1.807) is 17.0 Å². The molecule has 118 valence electrons. The summed E-state index contributed by atoms with van der Waals surface area (Å²) < 4.78 is 21.9. The second-order valence-corrected chi connectivity index (χ2v) is 6.00. The van der Waals surface area contributed by atoms with Gasteiger partial charge in [-0.3, -0.25) is 4.79 Å². The molecular weight excluding hydrogens is 310 g/mol. The first-order valence-corrected chi connectivity index (χ1v) is 7.71. The largest absolute Gasteiger partial charge is 0.454 e. The number of fused-ring (bicyclic) bond motifs is 1. The number of halogens is 1. The van der Waals surface area contributed by atoms with E-state index in [4.69, 9.17) is 30.5 Å². The lowest BCUT2D eigenvalue weighted by Crippen LogP contribution is -2.47. The summed E-state index contributed by atoms with van der Waals surface area (Å²) in [5.74, 6) is 0.479. The van der Waals surface area contributed by atoms with Gasteiger partial charge in [0, 0.05) is 31.5 Å². The summed E-state index contributed by atoms with van der Waals surface area (Å²) in [5, 5.41) is 0.397. The second kappa shape index (κ2) is 5.30. The van der Waals surface area contributed by atoms with Crippen LogP contribution in [0.1, 0.15) is 23.2 Å². The van der Waals surface area contributed by atoms with E-state index < -0.39 is 5.79 Å². The number of carbonyl (C=O) groups is 1. The molecule has 0 bridgehead atoms. The SMILES string of the molecule is O=C(c1cc(Cl)c2c(c1)OCO2)N1CCC2(CC1)OCCO2. The Morgan fingerprint density at radius 1 is 1.14 bits per heavy atom. The summed E-state index contributed by atoms with van der Waals surface area (Å²) in [6, 6.07) is 3.31. The first-order chi connectivity index (χ1) is 10.7. The third-order valence-electron chi connectivity index (χ3n) is 4.30. The molecule has 0 aromatic heterocycles. The predicted molar refractivity (Wildman–Crippen MR) is 77.3 cm³/mol. The van der Waals surface area contributed by atoms with Crippen LogP contribution in [0.4, 0.5) is 0 Å². The molecule has 4 rings (SSSR count). The molecule has 0 aliphatic carbocycles. The summed E-state index contributed by atoms with van der Waals surface area (Å²) >= 11 is 6.14. The van der Waals surface area contributed by atoms with Crippen LogP contribution in [0.25, 0.3) is 0 Å². The fraction of sp³-hybridized carbons (Fsp3) is 0.533. The van der Waals surface area contributed by atoms with Crippen LogP contribution >= 0.6 is 11.6 Å². The van der Waals surface area contributed by atoms with Gasteiger partial charge in [0.05, 0.1) is 18.2 Å². The van der Waals surface area contributed by atoms with E-state index in [9.17, 15) is 4.79 Å². The molecule has 2 fully saturated rings. The van der Waals surface area contributed by atoms with Crippen molar-refractivity contribution in [1.29, 1.82) is 0 Å². The van der Waals surface area contributed by atoms with Crippen LogP contribution in [0, 0.1) is 0 Å². The molecule has 1 aromatic rings. The molecular formula is C15H16ClNO5. The Hall–Kier alpha value is -1.50.